The topological polar surface area (TPSA) is 98.3 Å². The normalized spacial score (nSPS) is 11.3. The van der Waals surface area contributed by atoms with Gasteiger partial charge in [0.1, 0.15) is 11.3 Å². The van der Waals surface area contributed by atoms with Crippen LogP contribution in [0.1, 0.15) is 17.0 Å². The Kier molecular flexibility index (Phi) is 3.09. The van der Waals surface area contributed by atoms with E-state index >= 15 is 0 Å². The molecule has 7 nitrogen and oxygen atoms in total. The summed E-state index contributed by atoms with van der Waals surface area (Å²) in [6.07, 6.45) is 0. The van der Waals surface area contributed by atoms with Crippen molar-refractivity contribution in [3.63, 3.8) is 0 Å². The van der Waals surface area contributed by atoms with Crippen molar-refractivity contribution in [3.05, 3.63) is 23.0 Å². The number of fused-ring (bicyclic) bond motifs is 1. The van der Waals surface area contributed by atoms with Gasteiger partial charge in [-0.3, -0.25) is 4.68 Å². The minimum atomic E-state index is 0.452. The van der Waals surface area contributed by atoms with E-state index in [-0.39, 0.29) is 0 Å². The Morgan fingerprint density at radius 3 is 2.85 bits per heavy atom. The summed E-state index contributed by atoms with van der Waals surface area (Å²) >= 11 is 1.67. The summed E-state index contributed by atoms with van der Waals surface area (Å²) in [5.41, 5.74) is 10.6. The van der Waals surface area contributed by atoms with Gasteiger partial charge in [0.25, 0.3) is 0 Å². The van der Waals surface area contributed by atoms with Gasteiger partial charge in [0.05, 0.1) is 5.69 Å². The first-order valence-electron chi connectivity index (χ1n) is 6.15. The molecule has 0 atom stereocenters. The summed E-state index contributed by atoms with van der Waals surface area (Å²) < 4.78 is 1.90. The number of aromatic nitrogens is 6. The molecule has 0 aromatic carbocycles. The van der Waals surface area contributed by atoms with E-state index in [9.17, 15) is 0 Å². The number of H-pyrrole nitrogens is 1. The summed E-state index contributed by atoms with van der Waals surface area (Å²) in [5.74, 6) is 1.27. The summed E-state index contributed by atoms with van der Waals surface area (Å²) in [6, 6.07) is 1.83. The van der Waals surface area contributed by atoms with E-state index in [1.807, 2.05) is 24.7 Å². The Bertz CT molecular complexity index is 774. The minimum absolute atomic E-state index is 0.452. The number of nitrogens with one attached hydrogen (secondary N) is 1. The molecule has 8 heteroatoms. The number of nitrogen functional groups attached to an aromatic ring is 1. The summed E-state index contributed by atoms with van der Waals surface area (Å²) in [4.78, 5) is 5.11. The average molecular weight is 289 g/mol. The molecule has 0 aliphatic heterocycles. The Morgan fingerprint density at radius 1 is 1.35 bits per heavy atom. The van der Waals surface area contributed by atoms with Crippen LogP contribution >= 0.6 is 11.8 Å². The van der Waals surface area contributed by atoms with E-state index in [1.54, 1.807) is 11.8 Å². The number of aryl methyl sites for hydroxylation is 2. The molecular weight excluding hydrogens is 274 g/mol. The third-order valence-corrected chi connectivity index (χ3v) is 4.36. The number of hydrogen-bond donors (Lipinski definition) is 2. The fourth-order valence-corrected chi connectivity index (χ4v) is 3.31. The van der Waals surface area contributed by atoms with Gasteiger partial charge in [0.2, 0.25) is 5.65 Å². The SMILES string of the molecule is Cc1nn(C)c(C)c1CSc1cc(N)nc2n[nH]nc12. The molecule has 0 aliphatic rings. The molecule has 3 aromatic heterocycles. The second-order valence-corrected chi connectivity index (χ2v) is 5.62. The van der Waals surface area contributed by atoms with E-state index < -0.39 is 0 Å². The molecule has 3 rings (SSSR count). The van der Waals surface area contributed by atoms with E-state index in [2.05, 4.69) is 32.4 Å². The number of rotatable bonds is 3. The van der Waals surface area contributed by atoms with Gasteiger partial charge < -0.3 is 5.73 Å². The van der Waals surface area contributed by atoms with Crippen LogP contribution in [-0.2, 0) is 12.8 Å². The Hall–Kier alpha value is -2.09. The zero-order valence-electron chi connectivity index (χ0n) is 11.5. The highest BCUT2D eigenvalue weighted by Crippen LogP contribution is 2.30. The monoisotopic (exact) mass is 289 g/mol. The predicted octanol–water partition coefficient (Wildman–Crippen LogP) is 1.58. The molecule has 0 fully saturated rings. The lowest BCUT2D eigenvalue weighted by Crippen LogP contribution is -1.94. The maximum atomic E-state index is 5.79. The predicted molar refractivity (Wildman–Crippen MR) is 78.3 cm³/mol. The number of nitrogens with zero attached hydrogens (tertiary/aromatic N) is 5. The van der Waals surface area contributed by atoms with E-state index in [4.69, 9.17) is 5.73 Å². The Labute approximate surface area is 120 Å². The molecule has 3 heterocycles. The van der Waals surface area contributed by atoms with Crippen LogP contribution in [0.4, 0.5) is 5.82 Å². The third kappa shape index (κ3) is 2.11. The molecule has 3 N–H and O–H groups in total. The molecule has 20 heavy (non-hydrogen) atoms. The van der Waals surface area contributed by atoms with Crippen LogP contribution in [0.3, 0.4) is 0 Å². The molecule has 0 saturated carbocycles. The number of anilines is 1. The van der Waals surface area contributed by atoms with Gasteiger partial charge >= 0.3 is 0 Å². The second-order valence-electron chi connectivity index (χ2n) is 4.60. The van der Waals surface area contributed by atoms with Crippen LogP contribution in [0.25, 0.3) is 11.2 Å². The summed E-state index contributed by atoms with van der Waals surface area (Å²) in [5, 5.41) is 15.1. The highest BCUT2D eigenvalue weighted by molar-refractivity contribution is 7.98. The van der Waals surface area contributed by atoms with Gasteiger partial charge in [-0.05, 0) is 19.9 Å². The van der Waals surface area contributed by atoms with Crippen LogP contribution in [0.15, 0.2) is 11.0 Å². The molecule has 0 saturated heterocycles. The van der Waals surface area contributed by atoms with Crippen molar-refractivity contribution in [2.24, 2.45) is 7.05 Å². The van der Waals surface area contributed by atoms with Crippen LogP contribution in [-0.4, -0.2) is 30.2 Å². The first-order chi connectivity index (χ1) is 9.56. The highest BCUT2D eigenvalue weighted by atomic mass is 32.2. The molecule has 0 amide bonds. The van der Waals surface area contributed by atoms with Gasteiger partial charge in [0.15, 0.2) is 0 Å². The third-order valence-electron chi connectivity index (χ3n) is 3.31. The lowest BCUT2D eigenvalue weighted by atomic mass is 10.2. The number of aromatic amines is 1. The first-order valence-corrected chi connectivity index (χ1v) is 7.13. The van der Waals surface area contributed by atoms with Crippen LogP contribution in [0, 0.1) is 13.8 Å². The minimum Gasteiger partial charge on any atom is -0.384 e. The van der Waals surface area contributed by atoms with Crippen LogP contribution in [0.2, 0.25) is 0 Å². The van der Waals surface area contributed by atoms with Gasteiger partial charge in [-0.1, -0.05) is 0 Å². The highest BCUT2D eigenvalue weighted by Gasteiger charge is 2.13. The van der Waals surface area contributed by atoms with E-state index in [0.717, 1.165) is 21.9 Å². The quantitative estimate of drug-likeness (QED) is 0.710. The molecule has 0 aliphatic carbocycles. The summed E-state index contributed by atoms with van der Waals surface area (Å²) in [7, 11) is 1.96. The average Bonchev–Trinajstić information content (AvgIpc) is 2.94. The van der Waals surface area contributed by atoms with Crippen molar-refractivity contribution in [3.8, 4) is 0 Å². The zero-order valence-corrected chi connectivity index (χ0v) is 12.3. The molecule has 0 bridgehead atoms. The molecule has 104 valence electrons. The van der Waals surface area contributed by atoms with Crippen molar-refractivity contribution in [2.75, 3.05) is 5.73 Å². The number of thioether (sulfide) groups is 1. The van der Waals surface area contributed by atoms with Crippen molar-refractivity contribution < 1.29 is 0 Å². The van der Waals surface area contributed by atoms with Crippen molar-refractivity contribution in [1.29, 1.82) is 0 Å². The van der Waals surface area contributed by atoms with E-state index in [0.29, 0.717) is 11.5 Å². The number of nitrogens with two attached hydrogens (primary N) is 1. The van der Waals surface area contributed by atoms with Gasteiger partial charge in [0, 0.05) is 29.0 Å². The molecular formula is C12H15N7S. The van der Waals surface area contributed by atoms with Crippen LogP contribution < -0.4 is 5.73 Å². The zero-order chi connectivity index (χ0) is 14.3. The fourth-order valence-electron chi connectivity index (χ4n) is 2.11. The summed E-state index contributed by atoms with van der Waals surface area (Å²) in [6.45, 7) is 4.10. The Morgan fingerprint density at radius 2 is 2.15 bits per heavy atom. The largest absolute Gasteiger partial charge is 0.384 e. The number of pyridine rings is 1. The van der Waals surface area contributed by atoms with Gasteiger partial charge in [-0.2, -0.15) is 15.4 Å². The first kappa shape index (κ1) is 12.9. The van der Waals surface area contributed by atoms with Gasteiger partial charge in [-0.25, -0.2) is 4.98 Å². The van der Waals surface area contributed by atoms with Crippen molar-refractivity contribution >= 4 is 28.7 Å². The number of hydrogen-bond acceptors (Lipinski definition) is 6. The molecule has 3 aromatic rings. The van der Waals surface area contributed by atoms with Crippen molar-refractivity contribution in [1.82, 2.24) is 30.2 Å². The molecule has 0 unspecified atom stereocenters. The van der Waals surface area contributed by atoms with Crippen molar-refractivity contribution in [2.45, 2.75) is 24.5 Å². The second kappa shape index (κ2) is 4.78. The standard InChI is InChI=1S/C12H15N7S/c1-6-8(7(2)19(3)17-6)5-20-9-4-10(13)14-12-11(9)15-18-16-12/h4H,5H2,1-3H3,(H3,13,14,15,16,18). The fraction of sp³-hybridized carbons (Fsp3) is 0.333. The maximum absolute atomic E-state index is 5.79. The molecule has 0 radical (unpaired) electrons. The van der Waals surface area contributed by atoms with Crippen LogP contribution in [0.5, 0.6) is 0 Å². The smallest absolute Gasteiger partial charge is 0.204 e. The lowest BCUT2D eigenvalue weighted by Gasteiger charge is -2.04. The Balaban J connectivity index is 1.92. The van der Waals surface area contributed by atoms with Gasteiger partial charge in [-0.15, -0.1) is 16.9 Å². The maximum Gasteiger partial charge on any atom is 0.204 e. The van der Waals surface area contributed by atoms with E-state index in [1.165, 1.54) is 11.3 Å². The lowest BCUT2D eigenvalue weighted by molar-refractivity contribution is 0.730. The molecule has 0 spiro atoms.